The second-order valence-corrected chi connectivity index (χ2v) is 12.4. The number of nitrogens with zero attached hydrogens (tertiary/aromatic N) is 2. The van der Waals surface area contributed by atoms with Crippen LogP contribution in [0.2, 0.25) is 0 Å². The van der Waals surface area contributed by atoms with Crippen LogP contribution >= 0.6 is 0 Å². The van der Waals surface area contributed by atoms with E-state index in [9.17, 15) is 14.4 Å². The molecule has 2 aromatic carbocycles. The summed E-state index contributed by atoms with van der Waals surface area (Å²) in [5.74, 6) is 0.844. The highest BCUT2D eigenvalue weighted by Gasteiger charge is 2.35. The Hall–Kier alpha value is -3.63. The number of rotatable bonds is 17. The van der Waals surface area contributed by atoms with E-state index in [1.807, 2.05) is 15.9 Å². The lowest BCUT2D eigenvalue weighted by atomic mass is 9.95. The Balaban J connectivity index is 1.32. The van der Waals surface area contributed by atoms with E-state index in [2.05, 4.69) is 19.2 Å². The molecule has 10 heteroatoms. The third-order valence-electron chi connectivity index (χ3n) is 8.66. The van der Waals surface area contributed by atoms with Crippen LogP contribution in [0.1, 0.15) is 85.6 Å². The Morgan fingerprint density at radius 1 is 0.935 bits per heavy atom. The van der Waals surface area contributed by atoms with E-state index in [0.717, 1.165) is 44.1 Å². The van der Waals surface area contributed by atoms with E-state index in [-0.39, 0.29) is 42.3 Å². The average molecular weight is 638 g/mol. The molecule has 4 rings (SSSR count). The normalized spacial score (nSPS) is 17.8. The molecular formula is C36H51N3O7. The minimum atomic E-state index is -0.369. The molecule has 2 fully saturated rings. The van der Waals surface area contributed by atoms with E-state index >= 15 is 0 Å². The van der Waals surface area contributed by atoms with E-state index < -0.39 is 0 Å². The molecule has 2 aliphatic rings. The van der Waals surface area contributed by atoms with Gasteiger partial charge in [-0.25, -0.2) is 4.79 Å². The van der Waals surface area contributed by atoms with Gasteiger partial charge in [-0.1, -0.05) is 12.1 Å². The number of benzene rings is 2. The lowest BCUT2D eigenvalue weighted by Gasteiger charge is -2.40. The number of piperidine rings is 1. The van der Waals surface area contributed by atoms with Crippen LogP contribution in [0.25, 0.3) is 0 Å². The lowest BCUT2D eigenvalue weighted by molar-refractivity contribution is -0.131. The van der Waals surface area contributed by atoms with Crippen LogP contribution in [0, 0.1) is 0 Å². The molecule has 0 bridgehead atoms. The van der Waals surface area contributed by atoms with Gasteiger partial charge in [0.05, 0.1) is 32.3 Å². The van der Waals surface area contributed by atoms with Crippen LogP contribution in [0.3, 0.4) is 0 Å². The number of hydrogen-bond acceptors (Lipinski definition) is 8. The van der Waals surface area contributed by atoms with Gasteiger partial charge in [-0.3, -0.25) is 9.59 Å². The smallest absolute Gasteiger partial charge is 0.338 e. The quantitative estimate of drug-likeness (QED) is 0.193. The molecular weight excluding hydrogens is 586 g/mol. The van der Waals surface area contributed by atoms with Gasteiger partial charge in [0.2, 0.25) is 5.91 Å². The van der Waals surface area contributed by atoms with Gasteiger partial charge in [0, 0.05) is 63.0 Å². The molecule has 1 aliphatic heterocycles. The van der Waals surface area contributed by atoms with Gasteiger partial charge in [0.15, 0.2) is 11.5 Å². The van der Waals surface area contributed by atoms with E-state index in [4.69, 9.17) is 18.9 Å². The zero-order valence-corrected chi connectivity index (χ0v) is 28.1. The van der Waals surface area contributed by atoms with E-state index in [1.54, 1.807) is 57.5 Å². The average Bonchev–Trinajstić information content (AvgIpc) is 3.89. The minimum absolute atomic E-state index is 0.0225. The Morgan fingerprint density at radius 2 is 1.72 bits per heavy atom. The molecule has 2 aromatic rings. The van der Waals surface area contributed by atoms with Gasteiger partial charge in [-0.15, -0.1) is 0 Å². The van der Waals surface area contributed by atoms with Crippen LogP contribution in [0.5, 0.6) is 11.5 Å². The molecule has 1 heterocycles. The zero-order valence-electron chi connectivity index (χ0n) is 28.1. The topological polar surface area (TPSA) is 107 Å². The second-order valence-electron chi connectivity index (χ2n) is 12.4. The summed E-state index contributed by atoms with van der Waals surface area (Å²) in [6, 6.07) is 13.2. The fourth-order valence-electron chi connectivity index (χ4n) is 6.15. The highest BCUT2D eigenvalue weighted by Crippen LogP contribution is 2.31. The van der Waals surface area contributed by atoms with Crippen LogP contribution < -0.4 is 14.8 Å². The first-order valence-corrected chi connectivity index (χ1v) is 16.7. The third kappa shape index (κ3) is 9.69. The number of amides is 2. The number of nitrogens with one attached hydrogen (secondary N) is 1. The number of methoxy groups -OCH3 is 2. The molecule has 1 saturated heterocycles. The van der Waals surface area contributed by atoms with Crippen molar-refractivity contribution >= 4 is 17.8 Å². The Labute approximate surface area is 273 Å². The zero-order chi connectivity index (χ0) is 33.1. The third-order valence-corrected chi connectivity index (χ3v) is 8.66. The molecule has 2 amide bonds. The van der Waals surface area contributed by atoms with Gasteiger partial charge >= 0.3 is 5.97 Å². The van der Waals surface area contributed by atoms with Crippen LogP contribution in [0.4, 0.5) is 0 Å². The number of carbonyl (C=O) groups excluding carboxylic acids is 3. The van der Waals surface area contributed by atoms with Crippen molar-refractivity contribution in [1.82, 2.24) is 15.1 Å². The van der Waals surface area contributed by atoms with E-state index in [0.29, 0.717) is 61.6 Å². The van der Waals surface area contributed by atoms with Gasteiger partial charge < -0.3 is 34.1 Å². The fourth-order valence-corrected chi connectivity index (χ4v) is 6.15. The van der Waals surface area contributed by atoms with Crippen molar-refractivity contribution in [2.75, 3.05) is 47.1 Å². The molecule has 0 spiro atoms. The summed E-state index contributed by atoms with van der Waals surface area (Å²) in [5, 5.41) is 3.68. The van der Waals surface area contributed by atoms with E-state index in [1.165, 1.54) is 0 Å². The Kier molecular flexibility index (Phi) is 13.3. The molecule has 2 unspecified atom stereocenters. The highest BCUT2D eigenvalue weighted by atomic mass is 16.5. The number of ether oxygens (including phenoxy) is 4. The van der Waals surface area contributed by atoms with Gasteiger partial charge in [-0.2, -0.15) is 0 Å². The van der Waals surface area contributed by atoms with Crippen LogP contribution in [-0.4, -0.2) is 98.9 Å². The maximum absolute atomic E-state index is 13.8. The van der Waals surface area contributed by atoms with Crippen molar-refractivity contribution in [3.05, 3.63) is 59.2 Å². The molecule has 252 valence electrons. The summed E-state index contributed by atoms with van der Waals surface area (Å²) in [6.07, 6.45) is 5.73. The largest absolute Gasteiger partial charge is 0.493 e. The summed E-state index contributed by atoms with van der Waals surface area (Å²) >= 11 is 0. The Bertz CT molecular complexity index is 1300. The molecule has 1 N–H and O–H groups in total. The fraction of sp³-hybridized carbons (Fsp3) is 0.583. The van der Waals surface area contributed by atoms with Gasteiger partial charge in [0.1, 0.15) is 0 Å². The highest BCUT2D eigenvalue weighted by molar-refractivity contribution is 5.95. The van der Waals surface area contributed by atoms with Crippen molar-refractivity contribution in [1.29, 1.82) is 0 Å². The SMILES string of the molecule is CCOC(=O)c1cccc(CC(=O)N(CCC2CCC(N(C(=O)c3ccc(OC)c(OCCCOC)c3)C(C)C)CN2)C2CC2)c1. The molecule has 2 atom stereocenters. The maximum Gasteiger partial charge on any atom is 0.338 e. The number of hydrogen-bond donors (Lipinski definition) is 1. The summed E-state index contributed by atoms with van der Waals surface area (Å²) in [4.78, 5) is 43.3. The number of esters is 1. The molecule has 1 aliphatic carbocycles. The first-order chi connectivity index (χ1) is 22.2. The van der Waals surface area contributed by atoms with Crippen molar-refractivity contribution < 1.29 is 33.3 Å². The van der Waals surface area contributed by atoms with Crippen LogP contribution in [-0.2, 0) is 20.7 Å². The summed E-state index contributed by atoms with van der Waals surface area (Å²) in [7, 11) is 3.25. The summed E-state index contributed by atoms with van der Waals surface area (Å²) in [6.45, 7) is 8.65. The summed E-state index contributed by atoms with van der Waals surface area (Å²) < 4.78 is 21.6. The monoisotopic (exact) mass is 637 g/mol. The van der Waals surface area contributed by atoms with Crippen molar-refractivity contribution in [3.63, 3.8) is 0 Å². The first-order valence-electron chi connectivity index (χ1n) is 16.7. The molecule has 46 heavy (non-hydrogen) atoms. The predicted octanol–water partition coefficient (Wildman–Crippen LogP) is 4.88. The number of carbonyl (C=O) groups is 3. The van der Waals surface area contributed by atoms with Gasteiger partial charge in [-0.05, 0) is 88.8 Å². The molecule has 1 saturated carbocycles. The standard InChI is InChI=1S/C36H51N3O7/c1-6-45-36(42)28-10-7-9-26(21-28)22-34(40)38(30-14-15-30)18-17-29-12-13-31(24-37-29)39(25(2)3)35(41)27-11-16-32(44-5)33(23-27)46-20-8-19-43-4/h7,9-11,16,21,23,25,29-31,37H,6,8,12-15,17-20,22,24H2,1-5H3. The summed E-state index contributed by atoms with van der Waals surface area (Å²) in [5.41, 5.74) is 1.86. The maximum atomic E-state index is 13.8. The van der Waals surface area contributed by atoms with Gasteiger partial charge in [0.25, 0.3) is 5.91 Å². The molecule has 10 nitrogen and oxygen atoms in total. The minimum Gasteiger partial charge on any atom is -0.493 e. The van der Waals surface area contributed by atoms with Crippen LogP contribution in [0.15, 0.2) is 42.5 Å². The van der Waals surface area contributed by atoms with Crippen molar-refractivity contribution in [2.45, 2.75) is 89.9 Å². The van der Waals surface area contributed by atoms with Crippen molar-refractivity contribution in [2.24, 2.45) is 0 Å². The predicted molar refractivity (Wildman–Crippen MR) is 177 cm³/mol. The Morgan fingerprint density at radius 3 is 2.37 bits per heavy atom. The molecule has 0 aromatic heterocycles. The first kappa shape index (κ1) is 35.2. The molecule has 0 radical (unpaired) electrons. The van der Waals surface area contributed by atoms with Crippen molar-refractivity contribution in [3.8, 4) is 11.5 Å². The second kappa shape index (κ2) is 17.3. The lowest BCUT2D eigenvalue weighted by Crippen LogP contribution is -2.54.